The Hall–Kier alpha value is -1.13. The Morgan fingerprint density at radius 2 is 2.18 bits per heavy atom. The maximum Gasteiger partial charge on any atom is 0.123 e. The summed E-state index contributed by atoms with van der Waals surface area (Å²) in [6.45, 7) is 3.13. The van der Waals surface area contributed by atoms with E-state index in [0.717, 1.165) is 18.7 Å². The SMILES string of the molecule is COCCCN(C)c1ccc(F)cc1[C@H](C)O. The summed E-state index contributed by atoms with van der Waals surface area (Å²) in [4.78, 5) is 2.00. The molecule has 1 N–H and O–H groups in total. The number of hydrogen-bond donors (Lipinski definition) is 1. The molecule has 0 aliphatic heterocycles. The summed E-state index contributed by atoms with van der Waals surface area (Å²) in [5.41, 5.74) is 1.47. The molecule has 0 aliphatic carbocycles. The second-order valence-electron chi connectivity index (χ2n) is 4.15. The van der Waals surface area contributed by atoms with Gasteiger partial charge in [-0.3, -0.25) is 0 Å². The number of aliphatic hydroxyl groups is 1. The van der Waals surface area contributed by atoms with Gasteiger partial charge in [0.15, 0.2) is 0 Å². The van der Waals surface area contributed by atoms with Crippen LogP contribution in [-0.4, -0.2) is 32.4 Å². The number of methoxy groups -OCH3 is 1. The van der Waals surface area contributed by atoms with Crippen LogP contribution in [0, 0.1) is 5.82 Å². The zero-order chi connectivity index (χ0) is 12.8. The van der Waals surface area contributed by atoms with Crippen molar-refractivity contribution in [3.8, 4) is 0 Å². The molecule has 1 aromatic rings. The highest BCUT2D eigenvalue weighted by atomic mass is 19.1. The van der Waals surface area contributed by atoms with E-state index in [4.69, 9.17) is 4.74 Å². The molecular weight excluding hydrogens is 221 g/mol. The Kier molecular flexibility index (Phi) is 5.38. The zero-order valence-electron chi connectivity index (χ0n) is 10.6. The van der Waals surface area contributed by atoms with Gasteiger partial charge in [0.25, 0.3) is 0 Å². The lowest BCUT2D eigenvalue weighted by molar-refractivity contribution is 0.195. The minimum absolute atomic E-state index is 0.324. The molecule has 4 heteroatoms. The van der Waals surface area contributed by atoms with Crippen LogP contribution in [0.15, 0.2) is 18.2 Å². The minimum Gasteiger partial charge on any atom is -0.389 e. The number of anilines is 1. The Morgan fingerprint density at radius 3 is 2.76 bits per heavy atom. The first kappa shape index (κ1) is 13.9. The third-order valence-electron chi connectivity index (χ3n) is 2.69. The van der Waals surface area contributed by atoms with E-state index in [1.54, 1.807) is 20.1 Å². The van der Waals surface area contributed by atoms with Crippen LogP contribution in [0.2, 0.25) is 0 Å². The first-order chi connectivity index (χ1) is 8.06. The van der Waals surface area contributed by atoms with Gasteiger partial charge < -0.3 is 14.7 Å². The fourth-order valence-corrected chi connectivity index (χ4v) is 1.77. The summed E-state index contributed by atoms with van der Waals surface area (Å²) in [5, 5.41) is 9.63. The maximum absolute atomic E-state index is 13.1. The van der Waals surface area contributed by atoms with Gasteiger partial charge in [0, 0.05) is 38.6 Å². The van der Waals surface area contributed by atoms with Crippen molar-refractivity contribution in [1.29, 1.82) is 0 Å². The quantitative estimate of drug-likeness (QED) is 0.776. The number of aliphatic hydroxyl groups excluding tert-OH is 1. The van der Waals surface area contributed by atoms with Crippen molar-refractivity contribution in [2.45, 2.75) is 19.4 Å². The van der Waals surface area contributed by atoms with Crippen LogP contribution < -0.4 is 4.90 Å². The summed E-state index contributed by atoms with van der Waals surface area (Å²) in [6, 6.07) is 4.49. The average Bonchev–Trinajstić information content (AvgIpc) is 2.29. The Labute approximate surface area is 102 Å². The molecular formula is C13H20FNO2. The normalized spacial score (nSPS) is 12.5. The van der Waals surface area contributed by atoms with Crippen molar-refractivity contribution in [2.24, 2.45) is 0 Å². The highest BCUT2D eigenvalue weighted by Crippen LogP contribution is 2.26. The van der Waals surface area contributed by atoms with Crippen molar-refractivity contribution in [3.63, 3.8) is 0 Å². The minimum atomic E-state index is -0.675. The van der Waals surface area contributed by atoms with Crippen molar-refractivity contribution >= 4 is 5.69 Å². The van der Waals surface area contributed by atoms with Crippen LogP contribution in [0.1, 0.15) is 25.0 Å². The summed E-state index contributed by atoms with van der Waals surface area (Å²) in [5.74, 6) is -0.324. The number of rotatable bonds is 6. The topological polar surface area (TPSA) is 32.7 Å². The van der Waals surface area contributed by atoms with Crippen LogP contribution >= 0.6 is 0 Å². The molecule has 0 amide bonds. The van der Waals surface area contributed by atoms with Crippen LogP contribution in [-0.2, 0) is 4.74 Å². The van der Waals surface area contributed by atoms with E-state index < -0.39 is 6.10 Å². The molecule has 17 heavy (non-hydrogen) atoms. The van der Waals surface area contributed by atoms with Gasteiger partial charge >= 0.3 is 0 Å². The zero-order valence-corrected chi connectivity index (χ0v) is 10.6. The molecule has 0 fully saturated rings. The van der Waals surface area contributed by atoms with Gasteiger partial charge in [-0.1, -0.05) is 0 Å². The monoisotopic (exact) mass is 241 g/mol. The molecule has 0 aromatic heterocycles. The third-order valence-corrected chi connectivity index (χ3v) is 2.69. The Bertz CT molecular complexity index is 355. The predicted octanol–water partition coefficient (Wildman–Crippen LogP) is 2.35. The Balaban J connectivity index is 2.81. The van der Waals surface area contributed by atoms with E-state index in [1.807, 2.05) is 11.9 Å². The lowest BCUT2D eigenvalue weighted by atomic mass is 10.1. The van der Waals surface area contributed by atoms with Crippen molar-refractivity contribution < 1.29 is 14.2 Å². The Morgan fingerprint density at radius 1 is 1.47 bits per heavy atom. The molecule has 0 unspecified atom stereocenters. The molecule has 0 saturated heterocycles. The lowest BCUT2D eigenvalue weighted by Gasteiger charge is -2.23. The third kappa shape index (κ3) is 3.98. The van der Waals surface area contributed by atoms with Gasteiger partial charge in [0.2, 0.25) is 0 Å². The first-order valence-electron chi connectivity index (χ1n) is 5.74. The van der Waals surface area contributed by atoms with Gasteiger partial charge in [-0.25, -0.2) is 4.39 Å². The lowest BCUT2D eigenvalue weighted by Crippen LogP contribution is -2.21. The van der Waals surface area contributed by atoms with Gasteiger partial charge in [-0.05, 0) is 31.5 Å². The van der Waals surface area contributed by atoms with E-state index >= 15 is 0 Å². The number of ether oxygens (including phenoxy) is 1. The van der Waals surface area contributed by atoms with E-state index in [2.05, 4.69) is 0 Å². The smallest absolute Gasteiger partial charge is 0.123 e. The van der Waals surface area contributed by atoms with Crippen molar-refractivity contribution in [2.75, 3.05) is 32.2 Å². The van der Waals surface area contributed by atoms with E-state index in [0.29, 0.717) is 12.2 Å². The van der Waals surface area contributed by atoms with Crippen molar-refractivity contribution in [1.82, 2.24) is 0 Å². The van der Waals surface area contributed by atoms with Crippen LogP contribution in [0.4, 0.5) is 10.1 Å². The molecule has 1 rings (SSSR count). The standard InChI is InChI=1S/C13H20FNO2/c1-10(16)12-9-11(14)5-6-13(12)15(2)7-4-8-17-3/h5-6,9-10,16H,4,7-8H2,1-3H3/t10-/m0/s1. The molecule has 0 spiro atoms. The molecule has 3 nitrogen and oxygen atoms in total. The fraction of sp³-hybridized carbons (Fsp3) is 0.538. The highest BCUT2D eigenvalue weighted by molar-refractivity contribution is 5.54. The largest absolute Gasteiger partial charge is 0.389 e. The first-order valence-corrected chi connectivity index (χ1v) is 5.74. The molecule has 0 heterocycles. The van der Waals surface area contributed by atoms with Gasteiger partial charge in [0.1, 0.15) is 5.82 Å². The fourth-order valence-electron chi connectivity index (χ4n) is 1.77. The molecule has 1 aromatic carbocycles. The number of halogens is 1. The number of benzene rings is 1. The molecule has 0 bridgehead atoms. The molecule has 1 atom stereocenters. The average molecular weight is 241 g/mol. The van der Waals surface area contributed by atoms with Crippen LogP contribution in [0.5, 0.6) is 0 Å². The van der Waals surface area contributed by atoms with Crippen LogP contribution in [0.3, 0.4) is 0 Å². The van der Waals surface area contributed by atoms with Gasteiger partial charge in [-0.2, -0.15) is 0 Å². The number of nitrogens with zero attached hydrogens (tertiary/aromatic N) is 1. The summed E-state index contributed by atoms with van der Waals surface area (Å²) < 4.78 is 18.1. The second kappa shape index (κ2) is 6.57. The van der Waals surface area contributed by atoms with E-state index in [-0.39, 0.29) is 5.82 Å². The van der Waals surface area contributed by atoms with Gasteiger partial charge in [0.05, 0.1) is 6.10 Å². The number of hydrogen-bond acceptors (Lipinski definition) is 3. The summed E-state index contributed by atoms with van der Waals surface area (Å²) in [6.07, 6.45) is 0.217. The molecule has 0 aliphatic rings. The predicted molar refractivity (Wildman–Crippen MR) is 66.8 cm³/mol. The second-order valence-corrected chi connectivity index (χ2v) is 4.15. The maximum atomic E-state index is 13.1. The highest BCUT2D eigenvalue weighted by Gasteiger charge is 2.12. The molecule has 96 valence electrons. The summed E-state index contributed by atoms with van der Waals surface area (Å²) in [7, 11) is 3.59. The van der Waals surface area contributed by atoms with Crippen LogP contribution in [0.25, 0.3) is 0 Å². The molecule has 0 saturated carbocycles. The molecule has 0 radical (unpaired) electrons. The van der Waals surface area contributed by atoms with E-state index in [9.17, 15) is 9.50 Å². The van der Waals surface area contributed by atoms with Gasteiger partial charge in [-0.15, -0.1) is 0 Å². The summed E-state index contributed by atoms with van der Waals surface area (Å²) >= 11 is 0. The van der Waals surface area contributed by atoms with Crippen molar-refractivity contribution in [3.05, 3.63) is 29.6 Å². The van der Waals surface area contributed by atoms with E-state index in [1.165, 1.54) is 12.1 Å².